The van der Waals surface area contributed by atoms with Crippen LogP contribution in [0.5, 0.6) is 5.88 Å². The van der Waals surface area contributed by atoms with Crippen LogP contribution in [0.1, 0.15) is 56.0 Å². The summed E-state index contributed by atoms with van der Waals surface area (Å²) in [5.41, 5.74) is -0.0232. The number of carbonyl (C=O) groups is 2. The van der Waals surface area contributed by atoms with E-state index in [0.29, 0.717) is 29.7 Å². The summed E-state index contributed by atoms with van der Waals surface area (Å²) in [7, 11) is -3.06. The molecule has 36 heavy (non-hydrogen) atoms. The van der Waals surface area contributed by atoms with Crippen molar-refractivity contribution in [3.63, 3.8) is 0 Å². The van der Waals surface area contributed by atoms with Crippen LogP contribution in [0.15, 0.2) is 30.6 Å². The highest BCUT2D eigenvalue weighted by Gasteiger charge is 2.46. The second kappa shape index (κ2) is 8.82. The summed E-state index contributed by atoms with van der Waals surface area (Å²) in [5.74, 6) is -0.672. The fraction of sp³-hybridized carbons (Fsp3) is 0.500. The summed E-state index contributed by atoms with van der Waals surface area (Å²) in [5, 5.41) is 0. The van der Waals surface area contributed by atoms with Gasteiger partial charge in [0.25, 0.3) is 0 Å². The monoisotopic (exact) mass is 525 g/mol. The molecule has 1 aromatic heterocycles. The Hall–Kier alpha value is -3.02. The van der Waals surface area contributed by atoms with E-state index in [1.807, 2.05) is 6.92 Å². The Kier molecular flexibility index (Phi) is 6.39. The van der Waals surface area contributed by atoms with Gasteiger partial charge in [-0.2, -0.15) is 13.2 Å². The Morgan fingerprint density at radius 1 is 1.11 bits per heavy atom. The number of Topliss-reactive ketones (excluding diaryl/α,β-unsaturated/α-hetero) is 1. The van der Waals surface area contributed by atoms with E-state index in [1.54, 1.807) is 32.0 Å². The molecule has 0 saturated carbocycles. The quantitative estimate of drug-likeness (QED) is 0.522. The predicted molar refractivity (Wildman–Crippen MR) is 125 cm³/mol. The standard InChI is InChI=1S/C24H26F3N3O5S/c1-22(2)16-10-15(18(31)12-23(3)6-8-36(33,34)9-7-23)4-5-17(16)30(21(22)32)19-11-20(29-14-28-19)35-13-24(25,26)27/h4-5,10-11,14H,6-9,12-13H2,1-3H3. The van der Waals surface area contributed by atoms with Gasteiger partial charge in [0.05, 0.1) is 22.6 Å². The smallest absolute Gasteiger partial charge is 0.422 e. The van der Waals surface area contributed by atoms with E-state index in [9.17, 15) is 31.2 Å². The van der Waals surface area contributed by atoms with Crippen LogP contribution in [0.4, 0.5) is 24.7 Å². The number of aromatic nitrogens is 2. The van der Waals surface area contributed by atoms with Crippen LogP contribution in [-0.2, 0) is 20.0 Å². The minimum absolute atomic E-state index is 0.0500. The number of amides is 1. The van der Waals surface area contributed by atoms with Gasteiger partial charge in [0.2, 0.25) is 11.8 Å². The maximum absolute atomic E-state index is 13.3. The van der Waals surface area contributed by atoms with Gasteiger partial charge in [-0.1, -0.05) is 6.92 Å². The largest absolute Gasteiger partial charge is 0.468 e. The van der Waals surface area contributed by atoms with E-state index in [1.165, 1.54) is 4.90 Å². The van der Waals surface area contributed by atoms with Crippen LogP contribution >= 0.6 is 0 Å². The van der Waals surface area contributed by atoms with Crippen molar-refractivity contribution in [1.82, 2.24) is 9.97 Å². The lowest BCUT2D eigenvalue weighted by Crippen LogP contribution is -2.33. The topological polar surface area (TPSA) is 107 Å². The Bertz CT molecular complexity index is 1310. The average Bonchev–Trinajstić information content (AvgIpc) is 2.99. The van der Waals surface area contributed by atoms with Gasteiger partial charge >= 0.3 is 6.18 Å². The Morgan fingerprint density at radius 2 is 1.78 bits per heavy atom. The van der Waals surface area contributed by atoms with Crippen molar-refractivity contribution in [2.75, 3.05) is 23.0 Å². The van der Waals surface area contributed by atoms with E-state index in [2.05, 4.69) is 9.97 Å². The van der Waals surface area contributed by atoms with E-state index >= 15 is 0 Å². The number of alkyl halides is 3. The fourth-order valence-electron chi connectivity index (χ4n) is 4.52. The normalized spacial score (nSPS) is 20.2. The number of sulfone groups is 1. The number of fused-ring (bicyclic) bond motifs is 1. The summed E-state index contributed by atoms with van der Waals surface area (Å²) in [6.45, 7) is 3.77. The van der Waals surface area contributed by atoms with Gasteiger partial charge in [0, 0.05) is 18.1 Å². The first-order valence-electron chi connectivity index (χ1n) is 11.3. The highest BCUT2D eigenvalue weighted by atomic mass is 32.2. The van der Waals surface area contributed by atoms with Crippen molar-refractivity contribution in [3.05, 3.63) is 41.7 Å². The Balaban J connectivity index is 1.60. The molecule has 0 radical (unpaired) electrons. The van der Waals surface area contributed by atoms with Gasteiger partial charge in [-0.3, -0.25) is 14.5 Å². The number of halogens is 3. The van der Waals surface area contributed by atoms with Gasteiger partial charge < -0.3 is 4.74 Å². The average molecular weight is 526 g/mol. The minimum Gasteiger partial charge on any atom is -0.468 e. The molecule has 2 aliphatic rings. The molecular weight excluding hydrogens is 499 g/mol. The maximum Gasteiger partial charge on any atom is 0.422 e. The third-order valence-electron chi connectivity index (χ3n) is 6.83. The van der Waals surface area contributed by atoms with Gasteiger partial charge in [-0.05, 0) is 55.9 Å². The molecule has 1 saturated heterocycles. The van der Waals surface area contributed by atoms with Crippen molar-refractivity contribution in [2.45, 2.75) is 51.6 Å². The van der Waals surface area contributed by atoms with Crippen molar-refractivity contribution >= 4 is 33.0 Å². The maximum atomic E-state index is 13.3. The Labute approximate surface area is 206 Å². The van der Waals surface area contributed by atoms with E-state index in [0.717, 1.165) is 12.4 Å². The van der Waals surface area contributed by atoms with E-state index < -0.39 is 33.5 Å². The van der Waals surface area contributed by atoms with Crippen molar-refractivity contribution in [1.29, 1.82) is 0 Å². The first kappa shape index (κ1) is 26.1. The van der Waals surface area contributed by atoms with Gasteiger partial charge in [-0.15, -0.1) is 0 Å². The van der Waals surface area contributed by atoms with Crippen LogP contribution in [0, 0.1) is 5.41 Å². The van der Waals surface area contributed by atoms with Gasteiger partial charge in [0.1, 0.15) is 22.0 Å². The number of rotatable bonds is 6. The number of ether oxygens (including phenoxy) is 1. The second-order valence-corrected chi connectivity index (χ2v) is 12.5. The second-order valence-electron chi connectivity index (χ2n) is 10.2. The summed E-state index contributed by atoms with van der Waals surface area (Å²) in [4.78, 5) is 35.5. The van der Waals surface area contributed by atoms with Crippen molar-refractivity contribution in [3.8, 4) is 5.88 Å². The highest BCUT2D eigenvalue weighted by molar-refractivity contribution is 7.91. The number of benzene rings is 1. The van der Waals surface area contributed by atoms with Gasteiger partial charge in [0.15, 0.2) is 12.4 Å². The third kappa shape index (κ3) is 5.23. The number of nitrogens with zero attached hydrogens (tertiary/aromatic N) is 3. The molecule has 3 heterocycles. The van der Waals surface area contributed by atoms with Crippen LogP contribution in [0.3, 0.4) is 0 Å². The molecule has 1 aromatic carbocycles. The molecule has 1 fully saturated rings. The summed E-state index contributed by atoms with van der Waals surface area (Å²) in [6, 6.07) is 6.02. The zero-order chi connectivity index (χ0) is 26.5. The molecule has 8 nitrogen and oxygen atoms in total. The molecule has 0 spiro atoms. The fourth-order valence-corrected chi connectivity index (χ4v) is 6.33. The zero-order valence-corrected chi connectivity index (χ0v) is 20.9. The van der Waals surface area contributed by atoms with Crippen LogP contribution in [-0.4, -0.2) is 54.4 Å². The molecule has 2 aliphatic heterocycles. The molecular formula is C24H26F3N3O5S. The van der Waals surface area contributed by atoms with Crippen molar-refractivity contribution in [2.24, 2.45) is 5.41 Å². The third-order valence-corrected chi connectivity index (χ3v) is 8.48. The van der Waals surface area contributed by atoms with Crippen LogP contribution in [0.2, 0.25) is 0 Å². The zero-order valence-electron chi connectivity index (χ0n) is 20.1. The van der Waals surface area contributed by atoms with Crippen LogP contribution in [0.25, 0.3) is 0 Å². The molecule has 2 aromatic rings. The lowest BCUT2D eigenvalue weighted by atomic mass is 9.78. The SMILES string of the molecule is CC1(CC(=O)c2ccc3c(c2)C(C)(C)C(=O)N3c2cc(OCC(F)(F)F)ncn2)CCS(=O)(=O)CC1. The molecule has 0 N–H and O–H groups in total. The Morgan fingerprint density at radius 3 is 2.42 bits per heavy atom. The summed E-state index contributed by atoms with van der Waals surface area (Å²) < 4.78 is 65.8. The first-order valence-corrected chi connectivity index (χ1v) is 13.2. The molecule has 1 amide bonds. The van der Waals surface area contributed by atoms with Gasteiger partial charge in [-0.25, -0.2) is 18.4 Å². The number of hydrogen-bond acceptors (Lipinski definition) is 7. The molecule has 0 aliphatic carbocycles. The highest BCUT2D eigenvalue weighted by Crippen LogP contribution is 2.46. The van der Waals surface area contributed by atoms with Crippen LogP contribution < -0.4 is 9.64 Å². The number of hydrogen-bond donors (Lipinski definition) is 0. The number of carbonyl (C=O) groups excluding carboxylic acids is 2. The van der Waals surface area contributed by atoms with E-state index in [-0.39, 0.29) is 41.3 Å². The minimum atomic E-state index is -4.55. The predicted octanol–water partition coefficient (Wildman–Crippen LogP) is 4.16. The molecule has 12 heteroatoms. The molecule has 0 unspecified atom stereocenters. The molecule has 0 bridgehead atoms. The first-order chi connectivity index (χ1) is 16.6. The van der Waals surface area contributed by atoms with Crippen molar-refractivity contribution < 1.29 is 35.9 Å². The molecule has 194 valence electrons. The van der Waals surface area contributed by atoms with E-state index in [4.69, 9.17) is 4.74 Å². The molecule has 0 atom stereocenters. The lowest BCUT2D eigenvalue weighted by molar-refractivity contribution is -0.154. The molecule has 4 rings (SSSR count). The summed E-state index contributed by atoms with van der Waals surface area (Å²) >= 11 is 0. The number of anilines is 2. The number of ketones is 1. The summed E-state index contributed by atoms with van der Waals surface area (Å²) in [6.07, 6.45) is -2.52. The lowest BCUT2D eigenvalue weighted by Gasteiger charge is -2.32.